The van der Waals surface area contributed by atoms with Crippen molar-refractivity contribution in [2.45, 2.75) is 6.92 Å². The van der Waals surface area contributed by atoms with E-state index in [1.807, 2.05) is 0 Å². The maximum Gasteiger partial charge on any atom is 0.354 e. The van der Waals surface area contributed by atoms with Gasteiger partial charge < -0.3 is 5.11 Å². The molecule has 0 spiro atoms. The van der Waals surface area contributed by atoms with Gasteiger partial charge in [-0.25, -0.2) is 9.78 Å². The molecule has 0 aromatic carbocycles. The van der Waals surface area contributed by atoms with Gasteiger partial charge in [0.25, 0.3) is 0 Å². The van der Waals surface area contributed by atoms with Crippen LogP contribution in [0, 0.1) is 6.92 Å². The van der Waals surface area contributed by atoms with Gasteiger partial charge in [0, 0.05) is 16.8 Å². The summed E-state index contributed by atoms with van der Waals surface area (Å²) in [6, 6.07) is 3.32. The molecular formula is C9H7ClN2O2. The Hall–Kier alpha value is -1.55. The number of hydrogen-bond acceptors (Lipinski definition) is 2. The maximum absolute atomic E-state index is 10.8. The van der Waals surface area contributed by atoms with E-state index >= 15 is 0 Å². The first kappa shape index (κ1) is 9.02. The summed E-state index contributed by atoms with van der Waals surface area (Å²) in [5.74, 6) is -0.997. The zero-order chi connectivity index (χ0) is 10.3. The standard InChI is InChI=1S/C9H7ClN2O2/c1-5-2-6(10)3-8-11-4-7(9(13)14)12(5)8/h2-4H,1H3,(H,13,14). The molecule has 0 atom stereocenters. The van der Waals surface area contributed by atoms with Crippen LogP contribution in [0.1, 0.15) is 16.2 Å². The van der Waals surface area contributed by atoms with Crippen LogP contribution in [-0.4, -0.2) is 20.5 Å². The highest BCUT2D eigenvalue weighted by Crippen LogP contribution is 2.16. The number of rotatable bonds is 1. The van der Waals surface area contributed by atoms with E-state index in [9.17, 15) is 4.79 Å². The fraction of sp³-hybridized carbons (Fsp3) is 0.111. The molecule has 2 heterocycles. The van der Waals surface area contributed by atoms with Gasteiger partial charge in [0.05, 0.1) is 6.20 Å². The number of pyridine rings is 1. The summed E-state index contributed by atoms with van der Waals surface area (Å²) >= 11 is 5.81. The number of aromatic carboxylic acids is 1. The van der Waals surface area contributed by atoms with Crippen LogP contribution in [0.4, 0.5) is 0 Å². The molecule has 2 rings (SSSR count). The Morgan fingerprint density at radius 3 is 2.93 bits per heavy atom. The molecule has 0 fully saturated rings. The molecule has 4 nitrogen and oxygen atoms in total. The van der Waals surface area contributed by atoms with Gasteiger partial charge in [0.1, 0.15) is 5.65 Å². The number of carboxylic acids is 1. The SMILES string of the molecule is Cc1cc(Cl)cc2ncc(C(=O)O)n12. The van der Waals surface area contributed by atoms with Crippen molar-refractivity contribution in [3.63, 3.8) is 0 Å². The number of fused-ring (bicyclic) bond motifs is 1. The van der Waals surface area contributed by atoms with Crippen molar-refractivity contribution < 1.29 is 9.90 Å². The molecule has 0 aliphatic carbocycles. The number of imidazole rings is 1. The molecule has 2 aromatic rings. The molecule has 5 heteroatoms. The van der Waals surface area contributed by atoms with Crippen LogP contribution in [-0.2, 0) is 0 Å². The Labute approximate surface area is 84.8 Å². The molecule has 2 aromatic heterocycles. The first-order valence-electron chi connectivity index (χ1n) is 3.96. The molecule has 72 valence electrons. The van der Waals surface area contributed by atoms with Crippen LogP contribution in [0.3, 0.4) is 0 Å². The highest BCUT2D eigenvalue weighted by Gasteiger charge is 2.12. The van der Waals surface area contributed by atoms with Crippen molar-refractivity contribution >= 4 is 23.2 Å². The summed E-state index contributed by atoms with van der Waals surface area (Å²) in [5.41, 5.74) is 1.45. The fourth-order valence-electron chi connectivity index (χ4n) is 1.42. The van der Waals surface area contributed by atoms with Crippen LogP contribution >= 0.6 is 11.6 Å². The van der Waals surface area contributed by atoms with Crippen molar-refractivity contribution in [2.75, 3.05) is 0 Å². The Morgan fingerprint density at radius 1 is 1.57 bits per heavy atom. The molecule has 0 bridgehead atoms. The summed E-state index contributed by atoms with van der Waals surface area (Å²) in [6.45, 7) is 1.78. The normalized spacial score (nSPS) is 10.7. The number of carboxylic acid groups (broad SMARTS) is 1. The molecular weight excluding hydrogens is 204 g/mol. The first-order valence-corrected chi connectivity index (χ1v) is 4.34. The van der Waals surface area contributed by atoms with Crippen LogP contribution in [0.5, 0.6) is 0 Å². The molecule has 0 saturated carbocycles. The van der Waals surface area contributed by atoms with Gasteiger partial charge in [-0.05, 0) is 13.0 Å². The minimum absolute atomic E-state index is 0.147. The topological polar surface area (TPSA) is 54.6 Å². The Balaban J connectivity index is 2.85. The minimum Gasteiger partial charge on any atom is -0.477 e. The first-order chi connectivity index (χ1) is 6.59. The Bertz CT molecular complexity index is 519. The van der Waals surface area contributed by atoms with E-state index in [0.717, 1.165) is 5.69 Å². The van der Waals surface area contributed by atoms with E-state index in [-0.39, 0.29) is 5.69 Å². The largest absolute Gasteiger partial charge is 0.477 e. The number of halogens is 1. The second-order valence-electron chi connectivity index (χ2n) is 2.96. The molecule has 1 N–H and O–H groups in total. The van der Waals surface area contributed by atoms with Gasteiger partial charge in [-0.15, -0.1) is 0 Å². The third kappa shape index (κ3) is 1.24. The van der Waals surface area contributed by atoms with E-state index < -0.39 is 5.97 Å². The lowest BCUT2D eigenvalue weighted by Crippen LogP contribution is -2.03. The lowest BCUT2D eigenvalue weighted by molar-refractivity contribution is 0.0689. The summed E-state index contributed by atoms with van der Waals surface area (Å²) < 4.78 is 1.55. The second-order valence-corrected chi connectivity index (χ2v) is 3.39. The zero-order valence-electron chi connectivity index (χ0n) is 7.36. The van der Waals surface area contributed by atoms with E-state index in [1.165, 1.54) is 6.20 Å². The fourth-order valence-corrected chi connectivity index (χ4v) is 1.67. The maximum atomic E-state index is 10.8. The van der Waals surface area contributed by atoms with Gasteiger partial charge in [-0.3, -0.25) is 4.40 Å². The number of aromatic nitrogens is 2. The Kier molecular flexibility index (Phi) is 1.93. The summed E-state index contributed by atoms with van der Waals surface area (Å²) in [7, 11) is 0. The Morgan fingerprint density at radius 2 is 2.29 bits per heavy atom. The molecule has 0 amide bonds. The highest BCUT2D eigenvalue weighted by atomic mass is 35.5. The molecule has 0 saturated heterocycles. The van der Waals surface area contributed by atoms with Gasteiger partial charge in [-0.1, -0.05) is 11.6 Å². The summed E-state index contributed by atoms with van der Waals surface area (Å²) in [4.78, 5) is 14.8. The summed E-state index contributed by atoms with van der Waals surface area (Å²) in [6.07, 6.45) is 1.32. The van der Waals surface area contributed by atoms with Crippen molar-refractivity contribution in [3.8, 4) is 0 Å². The molecule has 0 radical (unpaired) electrons. The quantitative estimate of drug-likeness (QED) is 0.783. The van der Waals surface area contributed by atoms with Crippen molar-refractivity contribution in [1.82, 2.24) is 9.38 Å². The van der Waals surface area contributed by atoms with Crippen LogP contribution in [0.15, 0.2) is 18.3 Å². The van der Waals surface area contributed by atoms with Crippen LogP contribution in [0.2, 0.25) is 5.02 Å². The highest BCUT2D eigenvalue weighted by molar-refractivity contribution is 6.30. The number of carbonyl (C=O) groups is 1. The van der Waals surface area contributed by atoms with Gasteiger partial charge in [0.2, 0.25) is 0 Å². The molecule has 0 aliphatic heterocycles. The van der Waals surface area contributed by atoms with Crippen LogP contribution in [0.25, 0.3) is 5.65 Å². The smallest absolute Gasteiger partial charge is 0.354 e. The molecule has 0 aliphatic rings. The molecule has 0 unspecified atom stereocenters. The molecule has 14 heavy (non-hydrogen) atoms. The van der Waals surface area contributed by atoms with Crippen molar-refractivity contribution in [2.24, 2.45) is 0 Å². The lowest BCUT2D eigenvalue weighted by atomic mass is 10.3. The predicted molar refractivity (Wildman–Crippen MR) is 51.9 cm³/mol. The third-order valence-corrected chi connectivity index (χ3v) is 2.19. The zero-order valence-corrected chi connectivity index (χ0v) is 8.12. The number of aryl methyl sites for hydroxylation is 1. The average molecular weight is 211 g/mol. The van der Waals surface area contributed by atoms with Crippen LogP contribution < -0.4 is 0 Å². The third-order valence-electron chi connectivity index (χ3n) is 1.97. The van der Waals surface area contributed by atoms with Crippen molar-refractivity contribution in [1.29, 1.82) is 0 Å². The van der Waals surface area contributed by atoms with Gasteiger partial charge in [0.15, 0.2) is 5.69 Å². The van der Waals surface area contributed by atoms with E-state index in [4.69, 9.17) is 16.7 Å². The minimum atomic E-state index is -0.997. The average Bonchev–Trinajstić information content (AvgIpc) is 2.47. The number of hydrogen-bond donors (Lipinski definition) is 1. The van der Waals surface area contributed by atoms with Crippen molar-refractivity contribution in [3.05, 3.63) is 34.7 Å². The van der Waals surface area contributed by atoms with Gasteiger partial charge >= 0.3 is 5.97 Å². The summed E-state index contributed by atoms with van der Waals surface area (Å²) in [5, 5.41) is 9.42. The van der Waals surface area contributed by atoms with Gasteiger partial charge in [-0.2, -0.15) is 0 Å². The monoisotopic (exact) mass is 210 g/mol. The number of nitrogens with zero attached hydrogens (tertiary/aromatic N) is 2. The predicted octanol–water partition coefficient (Wildman–Crippen LogP) is 1.99. The second kappa shape index (κ2) is 2.99. The van der Waals surface area contributed by atoms with E-state index in [2.05, 4.69) is 4.98 Å². The van der Waals surface area contributed by atoms with E-state index in [0.29, 0.717) is 10.7 Å². The lowest BCUT2D eigenvalue weighted by Gasteiger charge is -2.02. The van der Waals surface area contributed by atoms with E-state index in [1.54, 1.807) is 23.5 Å².